The molecule has 0 radical (unpaired) electrons. The maximum atomic E-state index is 12.7. The third-order valence-electron chi connectivity index (χ3n) is 3.97. The van der Waals surface area contributed by atoms with E-state index in [4.69, 9.17) is 9.47 Å². The third-order valence-corrected chi connectivity index (χ3v) is 3.97. The van der Waals surface area contributed by atoms with Crippen LogP contribution in [0.25, 0.3) is 10.9 Å². The summed E-state index contributed by atoms with van der Waals surface area (Å²) in [6, 6.07) is 4.93. The van der Waals surface area contributed by atoms with Gasteiger partial charge in [0.1, 0.15) is 11.3 Å². The Morgan fingerprint density at radius 3 is 2.33 bits per heavy atom. The van der Waals surface area contributed by atoms with Gasteiger partial charge in [0.2, 0.25) is 11.9 Å². The van der Waals surface area contributed by atoms with Gasteiger partial charge in [0.05, 0.1) is 19.1 Å². The maximum Gasteiger partial charge on any atom is 0.340 e. The molecule has 8 heteroatoms. The third kappa shape index (κ3) is 4.52. The lowest BCUT2D eigenvalue weighted by Crippen LogP contribution is -2.49. The summed E-state index contributed by atoms with van der Waals surface area (Å²) in [6.07, 6.45) is 1.54. The molecule has 1 aromatic carbocycles. The monoisotopic (exact) mass is 374 g/mol. The molecule has 0 fully saturated rings. The summed E-state index contributed by atoms with van der Waals surface area (Å²) in [5.74, 6) is -3.04. The second-order valence-corrected chi connectivity index (χ2v) is 5.74. The van der Waals surface area contributed by atoms with Crippen molar-refractivity contribution in [2.75, 3.05) is 13.2 Å². The number of fused-ring (bicyclic) bond motifs is 1. The number of phenols is 1. The van der Waals surface area contributed by atoms with Gasteiger partial charge >= 0.3 is 11.9 Å². The standard InChI is InChI=1S/C19H22N2O6/c1-4-26-18(24)16(19(25)27-5-2)21-17(23)11(3)12-8-9-14(22)15-13(12)7-6-10-20-15/h6-11,16,22H,4-5H2,1-3H3,(H,21,23). The molecule has 1 amide bonds. The molecule has 8 nitrogen and oxygen atoms in total. The van der Waals surface area contributed by atoms with Gasteiger partial charge in [-0.25, -0.2) is 9.59 Å². The van der Waals surface area contributed by atoms with Crippen molar-refractivity contribution in [1.82, 2.24) is 10.3 Å². The lowest BCUT2D eigenvalue weighted by Gasteiger charge is -2.19. The highest BCUT2D eigenvalue weighted by Gasteiger charge is 2.33. The van der Waals surface area contributed by atoms with Gasteiger partial charge in [0.15, 0.2) is 0 Å². The fourth-order valence-electron chi connectivity index (χ4n) is 2.63. The Balaban J connectivity index is 2.29. The Hall–Kier alpha value is -3.16. The van der Waals surface area contributed by atoms with Gasteiger partial charge in [-0.1, -0.05) is 12.1 Å². The second-order valence-electron chi connectivity index (χ2n) is 5.74. The first-order valence-electron chi connectivity index (χ1n) is 8.60. The van der Waals surface area contributed by atoms with Gasteiger partial charge in [-0.05, 0) is 38.5 Å². The lowest BCUT2D eigenvalue weighted by molar-refractivity contribution is -0.159. The molecule has 0 aliphatic carbocycles. The zero-order chi connectivity index (χ0) is 20.0. The minimum absolute atomic E-state index is 0.00196. The molecule has 2 N–H and O–H groups in total. The van der Waals surface area contributed by atoms with Crippen LogP contribution < -0.4 is 5.32 Å². The molecule has 2 rings (SSSR count). The van der Waals surface area contributed by atoms with E-state index in [1.54, 1.807) is 39.0 Å². The van der Waals surface area contributed by atoms with Crippen molar-refractivity contribution in [3.63, 3.8) is 0 Å². The van der Waals surface area contributed by atoms with Crippen molar-refractivity contribution in [2.24, 2.45) is 0 Å². The quantitative estimate of drug-likeness (QED) is 0.559. The predicted octanol–water partition coefficient (Wildman–Crippen LogP) is 1.65. The molecular weight excluding hydrogens is 352 g/mol. The van der Waals surface area contributed by atoms with Crippen molar-refractivity contribution >= 4 is 28.7 Å². The average Bonchev–Trinajstić information content (AvgIpc) is 2.66. The van der Waals surface area contributed by atoms with Crippen LogP contribution in [0.4, 0.5) is 0 Å². The number of amides is 1. The van der Waals surface area contributed by atoms with E-state index < -0.39 is 29.8 Å². The second kappa shape index (κ2) is 8.98. The number of ether oxygens (including phenoxy) is 2. The van der Waals surface area contributed by atoms with Crippen molar-refractivity contribution in [1.29, 1.82) is 0 Å². The van der Waals surface area contributed by atoms with Gasteiger partial charge in [-0.15, -0.1) is 0 Å². The normalized spacial score (nSPS) is 11.9. The Kier molecular flexibility index (Phi) is 6.70. The first kappa shape index (κ1) is 20.2. The molecule has 144 valence electrons. The van der Waals surface area contributed by atoms with E-state index in [0.717, 1.165) is 0 Å². The Morgan fingerprint density at radius 1 is 1.11 bits per heavy atom. The number of pyridine rings is 1. The highest BCUT2D eigenvalue weighted by atomic mass is 16.6. The average molecular weight is 374 g/mol. The van der Waals surface area contributed by atoms with Crippen molar-refractivity contribution in [3.8, 4) is 5.75 Å². The first-order valence-corrected chi connectivity index (χ1v) is 8.60. The SMILES string of the molecule is CCOC(=O)C(NC(=O)C(C)c1ccc(O)c2ncccc12)C(=O)OCC. The van der Waals surface area contributed by atoms with E-state index in [0.29, 0.717) is 16.5 Å². The minimum Gasteiger partial charge on any atom is -0.506 e. The summed E-state index contributed by atoms with van der Waals surface area (Å²) >= 11 is 0. The molecule has 1 unspecified atom stereocenters. The molecule has 0 spiro atoms. The van der Waals surface area contributed by atoms with Gasteiger partial charge in [-0.2, -0.15) is 0 Å². The molecule has 0 aliphatic heterocycles. The number of rotatable bonds is 7. The van der Waals surface area contributed by atoms with Gasteiger partial charge in [-0.3, -0.25) is 9.78 Å². The number of aromatic nitrogens is 1. The molecule has 27 heavy (non-hydrogen) atoms. The van der Waals surface area contributed by atoms with Crippen LogP contribution >= 0.6 is 0 Å². The fourth-order valence-corrected chi connectivity index (χ4v) is 2.63. The molecule has 0 saturated carbocycles. The predicted molar refractivity (Wildman–Crippen MR) is 97.0 cm³/mol. The van der Waals surface area contributed by atoms with E-state index in [1.165, 1.54) is 12.3 Å². The molecule has 1 atom stereocenters. The molecule has 0 bridgehead atoms. The van der Waals surface area contributed by atoms with E-state index >= 15 is 0 Å². The minimum atomic E-state index is -1.54. The summed E-state index contributed by atoms with van der Waals surface area (Å²) in [5, 5.41) is 12.9. The number of hydrogen-bond donors (Lipinski definition) is 2. The summed E-state index contributed by atoms with van der Waals surface area (Å²) in [6.45, 7) is 4.95. The molecular formula is C19H22N2O6. The number of benzene rings is 1. The van der Waals surface area contributed by atoms with Gasteiger partial charge < -0.3 is 19.9 Å². The van der Waals surface area contributed by atoms with Crippen LogP contribution in [0.2, 0.25) is 0 Å². The smallest absolute Gasteiger partial charge is 0.340 e. The largest absolute Gasteiger partial charge is 0.506 e. The fraction of sp³-hybridized carbons (Fsp3) is 0.368. The molecule has 0 saturated heterocycles. The summed E-state index contributed by atoms with van der Waals surface area (Å²) in [4.78, 5) is 40.9. The topological polar surface area (TPSA) is 115 Å². The number of carbonyl (C=O) groups is 3. The van der Waals surface area contributed by atoms with E-state index in [2.05, 4.69) is 10.3 Å². The van der Waals surface area contributed by atoms with Gasteiger partial charge in [0, 0.05) is 11.6 Å². The number of phenolic OH excluding ortho intramolecular Hbond substituents is 1. The Morgan fingerprint density at radius 2 is 1.74 bits per heavy atom. The van der Waals surface area contributed by atoms with Crippen LogP contribution in [-0.4, -0.2) is 47.2 Å². The highest BCUT2D eigenvalue weighted by molar-refractivity contribution is 6.04. The van der Waals surface area contributed by atoms with E-state index in [9.17, 15) is 19.5 Å². The Labute approximate surface area is 156 Å². The van der Waals surface area contributed by atoms with Crippen LogP contribution in [0.15, 0.2) is 30.5 Å². The summed E-state index contributed by atoms with van der Waals surface area (Å²) < 4.78 is 9.69. The number of carbonyl (C=O) groups excluding carboxylic acids is 3. The van der Waals surface area contributed by atoms with Crippen LogP contribution in [0.1, 0.15) is 32.3 Å². The van der Waals surface area contributed by atoms with Crippen molar-refractivity contribution in [2.45, 2.75) is 32.7 Å². The number of hydrogen-bond acceptors (Lipinski definition) is 7. The first-order chi connectivity index (χ1) is 12.9. The Bertz CT molecular complexity index is 833. The number of nitrogens with one attached hydrogen (secondary N) is 1. The summed E-state index contributed by atoms with van der Waals surface area (Å²) in [7, 11) is 0. The van der Waals surface area contributed by atoms with Crippen LogP contribution in [-0.2, 0) is 23.9 Å². The lowest BCUT2D eigenvalue weighted by atomic mass is 9.95. The zero-order valence-electron chi connectivity index (χ0n) is 15.4. The molecule has 0 aliphatic rings. The number of esters is 2. The van der Waals surface area contributed by atoms with E-state index in [-0.39, 0.29) is 19.0 Å². The van der Waals surface area contributed by atoms with Crippen molar-refractivity contribution in [3.05, 3.63) is 36.0 Å². The summed E-state index contributed by atoms with van der Waals surface area (Å²) in [5.41, 5.74) is 0.960. The molecule has 1 aromatic heterocycles. The molecule has 2 aromatic rings. The van der Waals surface area contributed by atoms with Crippen LogP contribution in [0.5, 0.6) is 5.75 Å². The maximum absolute atomic E-state index is 12.7. The van der Waals surface area contributed by atoms with Gasteiger partial charge in [0.25, 0.3) is 0 Å². The van der Waals surface area contributed by atoms with Crippen molar-refractivity contribution < 1.29 is 29.0 Å². The molecule has 1 heterocycles. The van der Waals surface area contributed by atoms with E-state index in [1.807, 2.05) is 0 Å². The zero-order valence-corrected chi connectivity index (χ0v) is 15.4. The number of nitrogens with zero attached hydrogens (tertiary/aromatic N) is 1. The van der Waals surface area contributed by atoms with Crippen LogP contribution in [0.3, 0.4) is 0 Å². The van der Waals surface area contributed by atoms with Crippen LogP contribution in [0, 0.1) is 0 Å². The highest BCUT2D eigenvalue weighted by Crippen LogP contribution is 2.30. The number of aromatic hydroxyl groups is 1.